The Hall–Kier alpha value is 0. The van der Waals surface area contributed by atoms with E-state index in [2.05, 4.69) is 6.92 Å². The highest BCUT2D eigenvalue weighted by atomic mass is 14.3. The van der Waals surface area contributed by atoms with Gasteiger partial charge in [0.15, 0.2) is 0 Å². The van der Waals surface area contributed by atoms with Gasteiger partial charge >= 0.3 is 0 Å². The smallest absolute Gasteiger partial charge is 0 e. The molecule has 0 atom stereocenters. The van der Waals surface area contributed by atoms with Gasteiger partial charge in [0.2, 0.25) is 0 Å². The molecule has 0 aromatic heterocycles. The molecule has 0 aromatic carbocycles. The summed E-state index contributed by atoms with van der Waals surface area (Å²) in [5, 5.41) is 0. The molecular formula is C13H26. The highest BCUT2D eigenvalue weighted by Crippen LogP contribution is 2.39. The van der Waals surface area contributed by atoms with E-state index >= 15 is 0 Å². The van der Waals surface area contributed by atoms with Crippen LogP contribution in [-0.2, 0) is 0 Å². The van der Waals surface area contributed by atoms with Gasteiger partial charge in [-0.3, -0.25) is 0 Å². The predicted octanol–water partition coefficient (Wildman–Crippen LogP) is 4.64. The molecule has 2 rings (SSSR count). The molecule has 0 saturated heterocycles. The molecule has 0 aromatic rings. The standard InChI is InChI=1S/C13H24.H2/c1-11-7-9-13(10-8-11)12-5-3-2-4-6-12;/h11-13H,2-10H2,1H3;1H. The molecule has 2 aliphatic carbocycles. The van der Waals surface area contributed by atoms with Crippen molar-refractivity contribution in [1.29, 1.82) is 0 Å². The van der Waals surface area contributed by atoms with Crippen molar-refractivity contribution in [3.8, 4) is 0 Å². The number of hydrogen-bond donors (Lipinski definition) is 0. The normalized spacial score (nSPS) is 37.6. The zero-order chi connectivity index (χ0) is 9.10. The summed E-state index contributed by atoms with van der Waals surface area (Å²) in [6, 6.07) is 0. The van der Waals surface area contributed by atoms with Gasteiger partial charge in [0.05, 0.1) is 0 Å². The van der Waals surface area contributed by atoms with Gasteiger partial charge in [-0.1, -0.05) is 51.9 Å². The van der Waals surface area contributed by atoms with Gasteiger partial charge in [0, 0.05) is 1.43 Å². The Bertz CT molecular complexity index is 141. The third-order valence-electron chi connectivity index (χ3n) is 4.38. The molecule has 0 unspecified atom stereocenters. The second-order valence-corrected chi connectivity index (χ2v) is 5.42. The molecule has 0 bridgehead atoms. The highest BCUT2D eigenvalue weighted by molar-refractivity contribution is 4.78. The third kappa shape index (κ3) is 2.48. The first-order valence-corrected chi connectivity index (χ1v) is 6.36. The minimum absolute atomic E-state index is 0. The highest BCUT2D eigenvalue weighted by Gasteiger charge is 2.26. The Labute approximate surface area is 84.6 Å². The van der Waals surface area contributed by atoms with Crippen molar-refractivity contribution in [3.63, 3.8) is 0 Å². The molecule has 0 radical (unpaired) electrons. The Morgan fingerprint density at radius 1 is 0.692 bits per heavy atom. The van der Waals surface area contributed by atoms with Crippen molar-refractivity contribution in [2.75, 3.05) is 0 Å². The minimum atomic E-state index is 0. The van der Waals surface area contributed by atoms with Crippen LogP contribution in [0.25, 0.3) is 0 Å². The largest absolute Gasteiger partial charge is 0.0625 e. The fraction of sp³-hybridized carbons (Fsp3) is 1.00. The van der Waals surface area contributed by atoms with Crippen LogP contribution in [0.5, 0.6) is 0 Å². The van der Waals surface area contributed by atoms with E-state index in [1.54, 1.807) is 25.7 Å². The molecule has 0 aliphatic heterocycles. The van der Waals surface area contributed by atoms with E-state index in [1.165, 1.54) is 32.1 Å². The Balaban J connectivity index is 0.000000980. The van der Waals surface area contributed by atoms with Crippen LogP contribution in [0, 0.1) is 17.8 Å². The van der Waals surface area contributed by atoms with Gasteiger partial charge in [-0.25, -0.2) is 0 Å². The lowest BCUT2D eigenvalue weighted by Gasteiger charge is -2.34. The van der Waals surface area contributed by atoms with Crippen molar-refractivity contribution >= 4 is 0 Å². The van der Waals surface area contributed by atoms with Crippen molar-refractivity contribution < 1.29 is 1.43 Å². The first-order chi connectivity index (χ1) is 6.36. The summed E-state index contributed by atoms with van der Waals surface area (Å²) in [7, 11) is 0. The summed E-state index contributed by atoms with van der Waals surface area (Å²) in [6.07, 6.45) is 13.8. The molecule has 78 valence electrons. The quantitative estimate of drug-likeness (QED) is 0.554. The van der Waals surface area contributed by atoms with Gasteiger partial charge in [0.25, 0.3) is 0 Å². The van der Waals surface area contributed by atoms with Crippen LogP contribution in [0.15, 0.2) is 0 Å². The molecule has 2 fully saturated rings. The van der Waals surface area contributed by atoms with Crippen molar-refractivity contribution in [1.82, 2.24) is 0 Å². The van der Waals surface area contributed by atoms with E-state index < -0.39 is 0 Å². The lowest BCUT2D eigenvalue weighted by Crippen LogP contribution is -2.22. The fourth-order valence-corrected chi connectivity index (χ4v) is 3.36. The number of hydrogen-bond acceptors (Lipinski definition) is 0. The van der Waals surface area contributed by atoms with Crippen molar-refractivity contribution in [3.05, 3.63) is 0 Å². The van der Waals surface area contributed by atoms with E-state index in [0.717, 1.165) is 17.8 Å². The lowest BCUT2D eigenvalue weighted by molar-refractivity contribution is 0.173. The monoisotopic (exact) mass is 182 g/mol. The van der Waals surface area contributed by atoms with Gasteiger partial charge in [0.1, 0.15) is 0 Å². The topological polar surface area (TPSA) is 0 Å². The third-order valence-corrected chi connectivity index (χ3v) is 4.38. The van der Waals surface area contributed by atoms with E-state index in [9.17, 15) is 0 Å². The van der Waals surface area contributed by atoms with E-state index in [-0.39, 0.29) is 1.43 Å². The van der Waals surface area contributed by atoms with Crippen LogP contribution in [-0.4, -0.2) is 0 Å². The predicted molar refractivity (Wildman–Crippen MR) is 59.8 cm³/mol. The maximum atomic E-state index is 2.43. The molecular weight excluding hydrogens is 156 g/mol. The van der Waals surface area contributed by atoms with E-state index in [0.29, 0.717) is 0 Å². The molecule has 2 aliphatic rings. The Kier molecular flexibility index (Phi) is 3.29. The fourth-order valence-electron chi connectivity index (χ4n) is 3.36. The first kappa shape index (κ1) is 9.55. The van der Waals surface area contributed by atoms with E-state index in [1.807, 2.05) is 0 Å². The molecule has 2 saturated carbocycles. The van der Waals surface area contributed by atoms with Crippen LogP contribution < -0.4 is 0 Å². The summed E-state index contributed by atoms with van der Waals surface area (Å²) >= 11 is 0. The Morgan fingerprint density at radius 2 is 1.23 bits per heavy atom. The summed E-state index contributed by atoms with van der Waals surface area (Å²) in [5.41, 5.74) is 0. The lowest BCUT2D eigenvalue weighted by atomic mass is 9.71. The SMILES string of the molecule is CC1CCC(C2CCCCC2)CC1.[HH]. The van der Waals surface area contributed by atoms with Gasteiger partial charge in [-0.05, 0) is 30.6 Å². The van der Waals surface area contributed by atoms with Crippen molar-refractivity contribution in [2.24, 2.45) is 17.8 Å². The second-order valence-electron chi connectivity index (χ2n) is 5.42. The molecule has 0 N–H and O–H groups in total. The molecule has 0 heteroatoms. The van der Waals surface area contributed by atoms with Gasteiger partial charge < -0.3 is 0 Å². The van der Waals surface area contributed by atoms with Crippen LogP contribution in [0.2, 0.25) is 0 Å². The zero-order valence-corrected chi connectivity index (χ0v) is 9.10. The first-order valence-electron chi connectivity index (χ1n) is 6.36. The maximum absolute atomic E-state index is 2.43. The summed E-state index contributed by atoms with van der Waals surface area (Å²) in [5.74, 6) is 3.28. The van der Waals surface area contributed by atoms with Crippen LogP contribution >= 0.6 is 0 Å². The van der Waals surface area contributed by atoms with Crippen molar-refractivity contribution in [2.45, 2.75) is 64.7 Å². The van der Waals surface area contributed by atoms with E-state index in [4.69, 9.17) is 0 Å². The summed E-state index contributed by atoms with van der Waals surface area (Å²) in [6.45, 7) is 2.43. The molecule has 0 heterocycles. The molecule has 0 spiro atoms. The molecule has 0 amide bonds. The average molecular weight is 182 g/mol. The van der Waals surface area contributed by atoms with Gasteiger partial charge in [-0.15, -0.1) is 0 Å². The second kappa shape index (κ2) is 4.48. The van der Waals surface area contributed by atoms with Crippen LogP contribution in [0.1, 0.15) is 66.1 Å². The average Bonchev–Trinajstić information content (AvgIpc) is 2.20. The van der Waals surface area contributed by atoms with Gasteiger partial charge in [-0.2, -0.15) is 0 Å². The zero-order valence-electron chi connectivity index (χ0n) is 9.10. The summed E-state index contributed by atoms with van der Waals surface area (Å²) in [4.78, 5) is 0. The Morgan fingerprint density at radius 3 is 1.85 bits per heavy atom. The maximum Gasteiger partial charge on any atom is 0 e. The summed E-state index contributed by atoms with van der Waals surface area (Å²) < 4.78 is 0. The van der Waals surface area contributed by atoms with Crippen LogP contribution in [0.4, 0.5) is 0 Å². The molecule has 0 nitrogen and oxygen atoms in total. The molecule has 13 heavy (non-hydrogen) atoms. The number of rotatable bonds is 1. The minimum Gasteiger partial charge on any atom is -0.0625 e. The van der Waals surface area contributed by atoms with Crippen LogP contribution in [0.3, 0.4) is 0 Å².